The number of rotatable bonds is 8. The highest BCUT2D eigenvalue weighted by Gasteiger charge is 2.14. The predicted octanol–water partition coefficient (Wildman–Crippen LogP) is 1.28. The summed E-state index contributed by atoms with van der Waals surface area (Å²) in [4.78, 5) is 22.6. The Bertz CT molecular complexity index is 459. The lowest BCUT2D eigenvalue weighted by atomic mass is 10.0. The van der Waals surface area contributed by atoms with Crippen molar-refractivity contribution in [3.05, 3.63) is 35.4 Å². The van der Waals surface area contributed by atoms with Gasteiger partial charge in [0, 0.05) is 19.2 Å². The molecule has 0 saturated carbocycles. The molecule has 0 saturated heterocycles. The number of carbonyl (C=O) groups excluding carboxylic acids is 2. The van der Waals surface area contributed by atoms with Crippen LogP contribution in [-0.4, -0.2) is 36.8 Å². The smallest absolute Gasteiger partial charge is 0.251 e. The fourth-order valence-electron chi connectivity index (χ4n) is 2.03. The van der Waals surface area contributed by atoms with Crippen LogP contribution >= 0.6 is 0 Å². The molecule has 2 amide bonds. The molecule has 0 bridgehead atoms. The number of hydroxylamine groups is 1. The van der Waals surface area contributed by atoms with Gasteiger partial charge in [0.15, 0.2) is 0 Å². The van der Waals surface area contributed by atoms with Gasteiger partial charge in [-0.05, 0) is 37.5 Å². The fourth-order valence-corrected chi connectivity index (χ4v) is 2.03. The molecule has 0 spiro atoms. The predicted molar refractivity (Wildman–Crippen MR) is 78.1 cm³/mol. The van der Waals surface area contributed by atoms with E-state index in [1.165, 1.54) is 0 Å². The van der Waals surface area contributed by atoms with Gasteiger partial charge in [-0.1, -0.05) is 12.1 Å². The number of ether oxygens (including phenoxy) is 1. The van der Waals surface area contributed by atoms with Gasteiger partial charge < -0.3 is 10.1 Å². The van der Waals surface area contributed by atoms with E-state index in [1.807, 2.05) is 19.1 Å². The second kappa shape index (κ2) is 9.10. The average molecular weight is 294 g/mol. The summed E-state index contributed by atoms with van der Waals surface area (Å²) in [5, 5.41) is 11.1. The zero-order valence-electron chi connectivity index (χ0n) is 12.4. The van der Waals surface area contributed by atoms with E-state index >= 15 is 0 Å². The standard InChI is InChI=1S/C15H22N2O4/c1-3-21-13(10-14(18)17-20)9-6-11-4-7-12(8-5-11)15(19)16-2/h4-5,7-8,13,20H,3,6,9-10H2,1-2H3,(H,16,19)(H,17,18)/t13-/m0/s1. The van der Waals surface area contributed by atoms with Crippen LogP contribution in [0.3, 0.4) is 0 Å². The minimum atomic E-state index is -0.455. The maximum absolute atomic E-state index is 11.4. The molecule has 1 atom stereocenters. The van der Waals surface area contributed by atoms with Crippen LogP contribution in [0, 0.1) is 0 Å². The first-order valence-electron chi connectivity index (χ1n) is 6.96. The lowest BCUT2D eigenvalue weighted by Crippen LogP contribution is -2.26. The largest absolute Gasteiger partial charge is 0.378 e. The van der Waals surface area contributed by atoms with Gasteiger partial charge in [-0.2, -0.15) is 0 Å². The highest BCUT2D eigenvalue weighted by atomic mass is 16.5. The van der Waals surface area contributed by atoms with Gasteiger partial charge in [-0.3, -0.25) is 14.8 Å². The van der Waals surface area contributed by atoms with E-state index in [4.69, 9.17) is 9.94 Å². The highest BCUT2D eigenvalue weighted by molar-refractivity contribution is 5.93. The molecule has 0 fully saturated rings. The first-order valence-corrected chi connectivity index (χ1v) is 6.96. The summed E-state index contributed by atoms with van der Waals surface area (Å²) in [6.45, 7) is 2.38. The third-order valence-corrected chi connectivity index (χ3v) is 3.14. The Kier molecular flexibility index (Phi) is 7.42. The van der Waals surface area contributed by atoms with E-state index in [2.05, 4.69) is 5.32 Å². The molecule has 0 heterocycles. The van der Waals surface area contributed by atoms with Crippen LogP contribution in [0.5, 0.6) is 0 Å². The van der Waals surface area contributed by atoms with Crippen molar-refractivity contribution in [1.29, 1.82) is 0 Å². The van der Waals surface area contributed by atoms with Crippen LogP contribution in [0.2, 0.25) is 0 Å². The van der Waals surface area contributed by atoms with E-state index in [1.54, 1.807) is 24.7 Å². The molecule has 116 valence electrons. The Labute approximate surface area is 124 Å². The van der Waals surface area contributed by atoms with Gasteiger partial charge >= 0.3 is 0 Å². The van der Waals surface area contributed by atoms with Crippen molar-refractivity contribution < 1.29 is 19.5 Å². The molecule has 1 aromatic carbocycles. The quantitative estimate of drug-likeness (QED) is 0.498. The summed E-state index contributed by atoms with van der Waals surface area (Å²) in [5.74, 6) is -0.572. The molecule has 6 heteroatoms. The van der Waals surface area contributed by atoms with Gasteiger partial charge in [0.05, 0.1) is 12.5 Å². The first kappa shape index (κ1) is 17.1. The summed E-state index contributed by atoms with van der Waals surface area (Å²) in [6, 6.07) is 7.31. The molecule has 0 aliphatic rings. The topological polar surface area (TPSA) is 87.7 Å². The maximum atomic E-state index is 11.4. The van der Waals surface area contributed by atoms with Gasteiger partial charge in [0.1, 0.15) is 0 Å². The SMILES string of the molecule is CCO[C@@H](CCc1ccc(C(=O)NC)cc1)CC(=O)NO. The second-order valence-electron chi connectivity index (χ2n) is 4.63. The summed E-state index contributed by atoms with van der Waals surface area (Å²) in [6.07, 6.45) is 1.29. The van der Waals surface area contributed by atoms with E-state index in [0.717, 1.165) is 12.0 Å². The number of nitrogens with one attached hydrogen (secondary N) is 2. The Morgan fingerprint density at radius 2 is 1.95 bits per heavy atom. The fraction of sp³-hybridized carbons (Fsp3) is 0.467. The zero-order chi connectivity index (χ0) is 15.7. The van der Waals surface area contributed by atoms with Crippen LogP contribution in [0.15, 0.2) is 24.3 Å². The highest BCUT2D eigenvalue weighted by Crippen LogP contribution is 2.12. The molecular weight excluding hydrogens is 272 g/mol. The van der Waals surface area contributed by atoms with Crippen molar-refractivity contribution in [3.63, 3.8) is 0 Å². The summed E-state index contributed by atoms with van der Waals surface area (Å²) in [7, 11) is 1.59. The zero-order valence-corrected chi connectivity index (χ0v) is 12.4. The Morgan fingerprint density at radius 1 is 1.29 bits per heavy atom. The lowest BCUT2D eigenvalue weighted by Gasteiger charge is -2.16. The molecule has 1 rings (SSSR count). The Balaban J connectivity index is 2.55. The van der Waals surface area contributed by atoms with Crippen molar-refractivity contribution in [3.8, 4) is 0 Å². The van der Waals surface area contributed by atoms with Gasteiger partial charge in [0.25, 0.3) is 5.91 Å². The van der Waals surface area contributed by atoms with Crippen molar-refractivity contribution >= 4 is 11.8 Å². The molecule has 0 unspecified atom stereocenters. The van der Waals surface area contributed by atoms with E-state index in [9.17, 15) is 9.59 Å². The molecule has 1 aromatic rings. The second-order valence-corrected chi connectivity index (χ2v) is 4.63. The summed E-state index contributed by atoms with van der Waals surface area (Å²) in [5.41, 5.74) is 3.29. The third-order valence-electron chi connectivity index (χ3n) is 3.14. The molecule has 0 aliphatic heterocycles. The third kappa shape index (κ3) is 5.93. The first-order chi connectivity index (χ1) is 10.1. The van der Waals surface area contributed by atoms with Crippen LogP contribution in [0.1, 0.15) is 35.7 Å². The van der Waals surface area contributed by atoms with Crippen molar-refractivity contribution in [2.75, 3.05) is 13.7 Å². The van der Waals surface area contributed by atoms with E-state index < -0.39 is 5.91 Å². The van der Waals surface area contributed by atoms with Crippen LogP contribution in [0.4, 0.5) is 0 Å². The monoisotopic (exact) mass is 294 g/mol. The van der Waals surface area contributed by atoms with Crippen molar-refractivity contribution in [2.24, 2.45) is 0 Å². The Morgan fingerprint density at radius 3 is 2.48 bits per heavy atom. The van der Waals surface area contributed by atoms with Crippen molar-refractivity contribution in [2.45, 2.75) is 32.3 Å². The molecule has 3 N–H and O–H groups in total. The number of amides is 2. The molecule has 6 nitrogen and oxygen atoms in total. The molecule has 0 aliphatic carbocycles. The van der Waals surface area contributed by atoms with E-state index in [-0.39, 0.29) is 18.4 Å². The molecular formula is C15H22N2O4. The van der Waals surface area contributed by atoms with Crippen LogP contribution in [-0.2, 0) is 16.0 Å². The minimum Gasteiger partial charge on any atom is -0.378 e. The number of aryl methyl sites for hydroxylation is 1. The lowest BCUT2D eigenvalue weighted by molar-refractivity contribution is -0.132. The van der Waals surface area contributed by atoms with Crippen LogP contribution < -0.4 is 10.8 Å². The number of hydrogen-bond donors (Lipinski definition) is 3. The van der Waals surface area contributed by atoms with E-state index in [0.29, 0.717) is 18.6 Å². The minimum absolute atomic E-state index is 0.117. The number of hydrogen-bond acceptors (Lipinski definition) is 4. The molecule has 0 aromatic heterocycles. The number of benzene rings is 1. The van der Waals surface area contributed by atoms with Crippen LogP contribution in [0.25, 0.3) is 0 Å². The summed E-state index contributed by atoms with van der Waals surface area (Å²) >= 11 is 0. The maximum Gasteiger partial charge on any atom is 0.251 e. The normalized spacial score (nSPS) is 11.8. The Hall–Kier alpha value is -1.92. The number of carbonyl (C=O) groups is 2. The molecule has 0 radical (unpaired) electrons. The summed E-state index contributed by atoms with van der Waals surface area (Å²) < 4.78 is 5.48. The van der Waals surface area contributed by atoms with Crippen molar-refractivity contribution in [1.82, 2.24) is 10.8 Å². The van der Waals surface area contributed by atoms with Gasteiger partial charge in [-0.15, -0.1) is 0 Å². The molecule has 21 heavy (non-hydrogen) atoms. The van der Waals surface area contributed by atoms with Gasteiger partial charge in [-0.25, -0.2) is 5.48 Å². The van der Waals surface area contributed by atoms with Gasteiger partial charge in [0.2, 0.25) is 5.91 Å². The average Bonchev–Trinajstić information content (AvgIpc) is 2.52.